The number of hydrogen-bond donors (Lipinski definition) is 1. The van der Waals surface area contributed by atoms with Crippen LogP contribution in [0.3, 0.4) is 0 Å². The van der Waals surface area contributed by atoms with Gasteiger partial charge in [-0.05, 0) is 44.4 Å². The molecule has 0 spiro atoms. The summed E-state index contributed by atoms with van der Waals surface area (Å²) in [4.78, 5) is 26.2. The van der Waals surface area contributed by atoms with Crippen molar-refractivity contribution in [2.45, 2.75) is 33.1 Å². The summed E-state index contributed by atoms with van der Waals surface area (Å²) < 4.78 is 5.14. The van der Waals surface area contributed by atoms with Crippen LogP contribution in [0.1, 0.15) is 30.9 Å². The third-order valence-corrected chi connectivity index (χ3v) is 4.73. The minimum Gasteiger partial charge on any atom is -0.466 e. The van der Waals surface area contributed by atoms with E-state index in [0.29, 0.717) is 31.2 Å². The molecule has 1 N–H and O–H groups in total. The summed E-state index contributed by atoms with van der Waals surface area (Å²) in [7, 11) is 0. The number of rotatable bonds is 6. The van der Waals surface area contributed by atoms with Crippen molar-refractivity contribution in [2.24, 2.45) is 5.92 Å². The highest BCUT2D eigenvalue weighted by Crippen LogP contribution is 2.22. The lowest BCUT2D eigenvalue weighted by atomic mass is 9.98. The van der Waals surface area contributed by atoms with Gasteiger partial charge in [0.15, 0.2) is 11.6 Å². The molecule has 148 valence electrons. The fourth-order valence-electron chi connectivity index (χ4n) is 3.39. The summed E-state index contributed by atoms with van der Waals surface area (Å²) in [5.74, 6) is 0.698. The predicted octanol–water partition coefficient (Wildman–Crippen LogP) is 2.75. The average molecular weight is 382 g/mol. The number of nitrogens with zero attached hydrogens (tertiary/aromatic N) is 3. The smallest absolute Gasteiger partial charge is 0.310 e. The van der Waals surface area contributed by atoms with Crippen molar-refractivity contribution in [3.8, 4) is 0 Å². The summed E-state index contributed by atoms with van der Waals surface area (Å²) in [5, 5.41) is 11.1. The van der Waals surface area contributed by atoms with Crippen LogP contribution in [0, 0.1) is 12.8 Å². The Morgan fingerprint density at radius 1 is 1.25 bits per heavy atom. The van der Waals surface area contributed by atoms with Gasteiger partial charge < -0.3 is 15.0 Å². The van der Waals surface area contributed by atoms with E-state index >= 15 is 0 Å². The van der Waals surface area contributed by atoms with Crippen LogP contribution >= 0.6 is 0 Å². The van der Waals surface area contributed by atoms with Gasteiger partial charge in [-0.25, -0.2) is 0 Å². The van der Waals surface area contributed by atoms with Crippen molar-refractivity contribution in [3.63, 3.8) is 0 Å². The first-order valence-corrected chi connectivity index (χ1v) is 9.66. The molecule has 1 aromatic carbocycles. The largest absolute Gasteiger partial charge is 0.466 e. The quantitative estimate of drug-likeness (QED) is 0.774. The Morgan fingerprint density at radius 2 is 2.11 bits per heavy atom. The molecule has 2 heterocycles. The Labute approximate surface area is 165 Å². The monoisotopic (exact) mass is 382 g/mol. The molecular weight excluding hydrogens is 356 g/mol. The van der Waals surface area contributed by atoms with Gasteiger partial charge in [-0.2, -0.15) is 0 Å². The highest BCUT2D eigenvalue weighted by Gasteiger charge is 2.27. The minimum atomic E-state index is -0.153. The average Bonchev–Trinajstić information content (AvgIpc) is 2.69. The molecule has 2 aromatic rings. The molecule has 0 aliphatic carbocycles. The van der Waals surface area contributed by atoms with Crippen LogP contribution in [0.5, 0.6) is 0 Å². The minimum absolute atomic E-state index is 0.131. The number of benzene rings is 1. The van der Waals surface area contributed by atoms with Crippen LogP contribution in [0.4, 0.5) is 11.6 Å². The third-order valence-electron chi connectivity index (χ3n) is 4.73. The van der Waals surface area contributed by atoms with E-state index in [9.17, 15) is 9.59 Å². The number of amides is 1. The number of anilines is 2. The molecule has 0 bridgehead atoms. The van der Waals surface area contributed by atoms with Gasteiger partial charge >= 0.3 is 5.97 Å². The Morgan fingerprint density at radius 3 is 2.82 bits per heavy atom. The fourth-order valence-corrected chi connectivity index (χ4v) is 3.39. The van der Waals surface area contributed by atoms with Gasteiger partial charge in [0.1, 0.15) is 0 Å². The topological polar surface area (TPSA) is 84.4 Å². The Kier molecular flexibility index (Phi) is 6.57. The number of carbonyl (C=O) groups excluding carboxylic acids is 2. The molecule has 1 aliphatic rings. The number of aryl methyl sites for hydroxylation is 1. The van der Waals surface area contributed by atoms with Gasteiger partial charge in [0.25, 0.3) is 0 Å². The summed E-state index contributed by atoms with van der Waals surface area (Å²) >= 11 is 0. The van der Waals surface area contributed by atoms with Gasteiger partial charge in [0, 0.05) is 13.1 Å². The van der Waals surface area contributed by atoms with Gasteiger partial charge in [-0.15, -0.1) is 10.2 Å². The summed E-state index contributed by atoms with van der Waals surface area (Å²) in [5.41, 5.74) is 2.08. The predicted molar refractivity (Wildman–Crippen MR) is 107 cm³/mol. The highest BCUT2D eigenvalue weighted by molar-refractivity contribution is 5.91. The van der Waals surface area contributed by atoms with Gasteiger partial charge in [-0.3, -0.25) is 9.59 Å². The molecule has 1 atom stereocenters. The van der Waals surface area contributed by atoms with E-state index in [1.165, 1.54) is 0 Å². The molecule has 1 fully saturated rings. The van der Waals surface area contributed by atoms with Gasteiger partial charge in [-0.1, -0.05) is 29.8 Å². The number of aromatic nitrogens is 2. The van der Waals surface area contributed by atoms with Crippen molar-refractivity contribution < 1.29 is 14.3 Å². The number of nitrogens with one attached hydrogen (secondary N) is 1. The molecule has 3 rings (SSSR count). The van der Waals surface area contributed by atoms with E-state index in [-0.39, 0.29) is 17.8 Å². The second-order valence-corrected chi connectivity index (χ2v) is 7.03. The number of carbonyl (C=O) groups is 2. The SMILES string of the molecule is CCOC(=O)C1CCCN(c2ccc(NC(=O)Cc3cccc(C)c3)nn2)C1. The lowest BCUT2D eigenvalue weighted by Crippen LogP contribution is -2.40. The number of ether oxygens (including phenoxy) is 1. The molecule has 1 aliphatic heterocycles. The van der Waals surface area contributed by atoms with E-state index in [1.54, 1.807) is 6.07 Å². The third kappa shape index (κ3) is 5.28. The standard InChI is InChI=1S/C21H26N4O3/c1-3-28-21(27)17-8-5-11-25(14-17)19-10-9-18(23-24-19)22-20(26)13-16-7-4-6-15(2)12-16/h4,6-7,9-10,12,17H,3,5,8,11,13-14H2,1-2H3,(H,22,23,26). The van der Waals surface area contributed by atoms with Crippen LogP contribution in [-0.2, 0) is 20.7 Å². The van der Waals surface area contributed by atoms with Crippen LogP contribution in [0.15, 0.2) is 36.4 Å². The Hall–Kier alpha value is -2.96. The van der Waals surface area contributed by atoms with E-state index in [1.807, 2.05) is 49.1 Å². The molecule has 0 radical (unpaired) electrons. The van der Waals surface area contributed by atoms with E-state index in [0.717, 1.165) is 30.5 Å². The van der Waals surface area contributed by atoms with Crippen molar-refractivity contribution >= 4 is 23.5 Å². The molecule has 7 heteroatoms. The van der Waals surface area contributed by atoms with E-state index < -0.39 is 0 Å². The van der Waals surface area contributed by atoms with Gasteiger partial charge in [0.05, 0.1) is 18.9 Å². The van der Waals surface area contributed by atoms with Crippen LogP contribution in [0.2, 0.25) is 0 Å². The van der Waals surface area contributed by atoms with Crippen molar-refractivity contribution in [3.05, 3.63) is 47.5 Å². The summed E-state index contributed by atoms with van der Waals surface area (Å²) in [6.07, 6.45) is 2.02. The lowest BCUT2D eigenvalue weighted by molar-refractivity contribution is -0.148. The Bertz CT molecular complexity index is 823. The summed E-state index contributed by atoms with van der Waals surface area (Å²) in [6, 6.07) is 11.4. The van der Waals surface area contributed by atoms with Crippen LogP contribution < -0.4 is 10.2 Å². The lowest BCUT2D eigenvalue weighted by Gasteiger charge is -2.32. The second kappa shape index (κ2) is 9.30. The zero-order valence-corrected chi connectivity index (χ0v) is 16.4. The number of hydrogen-bond acceptors (Lipinski definition) is 6. The first-order chi connectivity index (χ1) is 13.5. The van der Waals surface area contributed by atoms with Crippen molar-refractivity contribution in [2.75, 3.05) is 29.9 Å². The molecule has 1 saturated heterocycles. The first-order valence-electron chi connectivity index (χ1n) is 9.66. The summed E-state index contributed by atoms with van der Waals surface area (Å²) in [6.45, 7) is 5.61. The van der Waals surface area contributed by atoms with Crippen molar-refractivity contribution in [1.29, 1.82) is 0 Å². The molecule has 7 nitrogen and oxygen atoms in total. The first kappa shape index (κ1) is 19.8. The molecule has 28 heavy (non-hydrogen) atoms. The zero-order chi connectivity index (χ0) is 19.9. The van der Waals surface area contributed by atoms with Crippen LogP contribution in [0.25, 0.3) is 0 Å². The maximum Gasteiger partial charge on any atom is 0.310 e. The molecule has 1 amide bonds. The van der Waals surface area contributed by atoms with Gasteiger partial charge in [0.2, 0.25) is 5.91 Å². The Balaban J connectivity index is 1.57. The normalized spacial score (nSPS) is 16.5. The molecular formula is C21H26N4O3. The number of esters is 1. The van der Waals surface area contributed by atoms with Crippen LogP contribution in [-0.4, -0.2) is 41.8 Å². The maximum atomic E-state index is 12.2. The molecule has 1 aromatic heterocycles. The zero-order valence-electron chi connectivity index (χ0n) is 16.4. The fraction of sp³-hybridized carbons (Fsp3) is 0.429. The second-order valence-electron chi connectivity index (χ2n) is 7.03. The maximum absolute atomic E-state index is 12.2. The molecule has 0 saturated carbocycles. The molecule has 1 unspecified atom stereocenters. The van der Waals surface area contributed by atoms with E-state index in [4.69, 9.17) is 4.74 Å². The van der Waals surface area contributed by atoms with E-state index in [2.05, 4.69) is 15.5 Å². The number of piperidine rings is 1. The van der Waals surface area contributed by atoms with Crippen molar-refractivity contribution in [1.82, 2.24) is 10.2 Å². The highest BCUT2D eigenvalue weighted by atomic mass is 16.5.